The molecule has 2 N–H and O–H groups in total. The van der Waals surface area contributed by atoms with Gasteiger partial charge in [-0.05, 0) is 25.2 Å². The van der Waals surface area contributed by atoms with E-state index < -0.39 is 0 Å². The Morgan fingerprint density at radius 3 is 2.46 bits per heavy atom. The van der Waals surface area contributed by atoms with Crippen LogP contribution in [0, 0.1) is 5.92 Å². The van der Waals surface area contributed by atoms with Crippen molar-refractivity contribution < 1.29 is 4.74 Å². The van der Waals surface area contributed by atoms with Gasteiger partial charge < -0.3 is 10.5 Å². The first-order valence-electron chi connectivity index (χ1n) is 5.50. The van der Waals surface area contributed by atoms with Crippen LogP contribution in [0.5, 0.6) is 0 Å². The van der Waals surface area contributed by atoms with Crippen LogP contribution >= 0.6 is 0 Å². The number of hydrogen-bond donors (Lipinski definition) is 1. The normalized spacial score (nSPS) is 13.6. The zero-order valence-corrected chi connectivity index (χ0v) is 9.38. The first kappa shape index (κ1) is 12.9. The van der Waals surface area contributed by atoms with E-state index in [4.69, 9.17) is 10.5 Å². The molecule has 0 aliphatic carbocycles. The fourth-order valence-electron chi connectivity index (χ4n) is 1.28. The Kier molecular flexibility index (Phi) is 8.46. The van der Waals surface area contributed by atoms with Crippen molar-refractivity contribution in [1.82, 2.24) is 0 Å². The molecule has 0 heterocycles. The van der Waals surface area contributed by atoms with Gasteiger partial charge in [0.05, 0.1) is 0 Å². The number of hydrogen-bond acceptors (Lipinski definition) is 2. The van der Waals surface area contributed by atoms with Gasteiger partial charge in [0.15, 0.2) is 0 Å². The van der Waals surface area contributed by atoms with Gasteiger partial charge in [-0.3, -0.25) is 0 Å². The van der Waals surface area contributed by atoms with Crippen LogP contribution in [-0.2, 0) is 4.74 Å². The van der Waals surface area contributed by atoms with Crippen molar-refractivity contribution in [2.45, 2.75) is 52.5 Å². The third-order valence-electron chi connectivity index (χ3n) is 1.97. The fourth-order valence-corrected chi connectivity index (χ4v) is 1.28. The number of ether oxygens (including phenoxy) is 1. The van der Waals surface area contributed by atoms with Gasteiger partial charge in [0, 0.05) is 19.3 Å². The second-order valence-electron chi connectivity index (χ2n) is 4.16. The van der Waals surface area contributed by atoms with Crippen LogP contribution < -0.4 is 5.73 Å². The van der Waals surface area contributed by atoms with Crippen LogP contribution in [0.3, 0.4) is 0 Å². The van der Waals surface area contributed by atoms with E-state index in [1.54, 1.807) is 0 Å². The maximum Gasteiger partial charge on any atom is 0.0488 e. The zero-order valence-electron chi connectivity index (χ0n) is 9.38. The molecule has 0 aromatic rings. The quantitative estimate of drug-likeness (QED) is 0.593. The van der Waals surface area contributed by atoms with Crippen LogP contribution in [0.15, 0.2) is 0 Å². The van der Waals surface area contributed by atoms with Crippen LogP contribution in [-0.4, -0.2) is 19.3 Å². The molecule has 0 fully saturated rings. The van der Waals surface area contributed by atoms with E-state index in [1.165, 1.54) is 6.42 Å². The standard InChI is InChI=1S/C11H25NO/c1-4-6-11(12)7-5-8-13-9-10(2)3/h10-11H,4-9,12H2,1-3H3. The second kappa shape index (κ2) is 8.52. The molecule has 0 aliphatic heterocycles. The van der Waals surface area contributed by atoms with Crippen molar-refractivity contribution in [3.63, 3.8) is 0 Å². The maximum absolute atomic E-state index is 5.87. The molecule has 0 saturated heterocycles. The lowest BCUT2D eigenvalue weighted by molar-refractivity contribution is 0.105. The second-order valence-corrected chi connectivity index (χ2v) is 4.16. The van der Waals surface area contributed by atoms with Crippen LogP contribution in [0.25, 0.3) is 0 Å². The Hall–Kier alpha value is -0.0800. The van der Waals surface area contributed by atoms with E-state index in [2.05, 4.69) is 20.8 Å². The predicted molar refractivity (Wildman–Crippen MR) is 57.8 cm³/mol. The van der Waals surface area contributed by atoms with Gasteiger partial charge in [-0.1, -0.05) is 27.2 Å². The molecule has 1 atom stereocenters. The highest BCUT2D eigenvalue weighted by Crippen LogP contribution is 2.02. The first-order valence-corrected chi connectivity index (χ1v) is 5.50. The maximum atomic E-state index is 5.87. The summed E-state index contributed by atoms with van der Waals surface area (Å²) < 4.78 is 5.47. The highest BCUT2D eigenvalue weighted by molar-refractivity contribution is 4.59. The topological polar surface area (TPSA) is 35.2 Å². The van der Waals surface area contributed by atoms with Crippen molar-refractivity contribution in [1.29, 1.82) is 0 Å². The summed E-state index contributed by atoms with van der Waals surface area (Å²) in [5, 5.41) is 0. The Bertz CT molecular complexity index is 104. The van der Waals surface area contributed by atoms with E-state index in [0.717, 1.165) is 32.5 Å². The zero-order chi connectivity index (χ0) is 10.1. The third-order valence-corrected chi connectivity index (χ3v) is 1.97. The average Bonchev–Trinajstić information content (AvgIpc) is 2.03. The summed E-state index contributed by atoms with van der Waals surface area (Å²) in [7, 11) is 0. The van der Waals surface area contributed by atoms with E-state index >= 15 is 0 Å². The summed E-state index contributed by atoms with van der Waals surface area (Å²) in [5.41, 5.74) is 5.87. The minimum atomic E-state index is 0.382. The Labute approximate surface area is 82.8 Å². The minimum absolute atomic E-state index is 0.382. The van der Waals surface area contributed by atoms with E-state index in [-0.39, 0.29) is 0 Å². The third kappa shape index (κ3) is 9.84. The Morgan fingerprint density at radius 2 is 1.92 bits per heavy atom. The lowest BCUT2D eigenvalue weighted by Crippen LogP contribution is -2.20. The molecule has 13 heavy (non-hydrogen) atoms. The van der Waals surface area contributed by atoms with Crippen LogP contribution in [0.1, 0.15) is 46.5 Å². The first-order chi connectivity index (χ1) is 6.16. The van der Waals surface area contributed by atoms with E-state index in [0.29, 0.717) is 12.0 Å². The van der Waals surface area contributed by atoms with Crippen LogP contribution in [0.4, 0.5) is 0 Å². The molecule has 0 aliphatic rings. The molecule has 0 spiro atoms. The molecule has 80 valence electrons. The van der Waals surface area contributed by atoms with Crippen molar-refractivity contribution >= 4 is 0 Å². The highest BCUT2D eigenvalue weighted by atomic mass is 16.5. The molecule has 0 amide bonds. The van der Waals surface area contributed by atoms with Crippen molar-refractivity contribution in [2.75, 3.05) is 13.2 Å². The van der Waals surface area contributed by atoms with Gasteiger partial charge >= 0.3 is 0 Å². The summed E-state index contributed by atoms with van der Waals surface area (Å²) in [6, 6.07) is 0.382. The molecule has 0 aromatic carbocycles. The monoisotopic (exact) mass is 187 g/mol. The largest absolute Gasteiger partial charge is 0.381 e. The molecular weight excluding hydrogens is 162 g/mol. The smallest absolute Gasteiger partial charge is 0.0488 e. The summed E-state index contributed by atoms with van der Waals surface area (Å²) in [6.07, 6.45) is 4.54. The summed E-state index contributed by atoms with van der Waals surface area (Å²) in [6.45, 7) is 8.26. The lowest BCUT2D eigenvalue weighted by Gasteiger charge is -2.10. The van der Waals surface area contributed by atoms with Gasteiger partial charge in [0.1, 0.15) is 0 Å². The van der Waals surface area contributed by atoms with Crippen molar-refractivity contribution in [2.24, 2.45) is 11.7 Å². The molecule has 0 bridgehead atoms. The molecule has 2 nitrogen and oxygen atoms in total. The van der Waals surface area contributed by atoms with E-state index in [1.807, 2.05) is 0 Å². The number of nitrogens with two attached hydrogens (primary N) is 1. The molecular formula is C11H25NO. The van der Waals surface area contributed by atoms with Crippen LogP contribution in [0.2, 0.25) is 0 Å². The molecule has 0 radical (unpaired) electrons. The van der Waals surface area contributed by atoms with Gasteiger partial charge in [-0.2, -0.15) is 0 Å². The molecule has 0 aromatic heterocycles. The Balaban J connectivity index is 3.06. The van der Waals surface area contributed by atoms with Crippen molar-refractivity contribution in [3.05, 3.63) is 0 Å². The van der Waals surface area contributed by atoms with Gasteiger partial charge in [0.2, 0.25) is 0 Å². The Morgan fingerprint density at radius 1 is 1.23 bits per heavy atom. The average molecular weight is 187 g/mol. The molecule has 2 heteroatoms. The van der Waals surface area contributed by atoms with Gasteiger partial charge in [-0.15, -0.1) is 0 Å². The van der Waals surface area contributed by atoms with Crippen molar-refractivity contribution in [3.8, 4) is 0 Å². The SMILES string of the molecule is CCCC(N)CCCOCC(C)C. The lowest BCUT2D eigenvalue weighted by atomic mass is 10.1. The predicted octanol–water partition coefficient (Wildman–Crippen LogP) is 2.57. The highest BCUT2D eigenvalue weighted by Gasteiger charge is 2.00. The van der Waals surface area contributed by atoms with Gasteiger partial charge in [0.25, 0.3) is 0 Å². The number of rotatable bonds is 8. The fraction of sp³-hybridized carbons (Fsp3) is 1.00. The molecule has 1 unspecified atom stereocenters. The van der Waals surface area contributed by atoms with Gasteiger partial charge in [-0.25, -0.2) is 0 Å². The minimum Gasteiger partial charge on any atom is -0.381 e. The summed E-state index contributed by atoms with van der Waals surface area (Å²) in [4.78, 5) is 0. The molecule has 0 saturated carbocycles. The molecule has 0 rings (SSSR count). The summed E-state index contributed by atoms with van der Waals surface area (Å²) in [5.74, 6) is 0.643. The summed E-state index contributed by atoms with van der Waals surface area (Å²) >= 11 is 0. The van der Waals surface area contributed by atoms with E-state index in [9.17, 15) is 0 Å².